The first-order valence-electron chi connectivity index (χ1n) is 10.2. The molecule has 31 heavy (non-hydrogen) atoms. The molecule has 160 valence electrons. The lowest BCUT2D eigenvalue weighted by atomic mass is 10.1. The summed E-state index contributed by atoms with van der Waals surface area (Å²) in [5.41, 5.74) is 2.10. The summed E-state index contributed by atoms with van der Waals surface area (Å²) in [6.07, 6.45) is 5.84. The molecule has 4 rings (SSSR count). The molecule has 1 aromatic carbocycles. The van der Waals surface area contributed by atoms with Crippen molar-refractivity contribution in [3.8, 4) is 11.5 Å². The van der Waals surface area contributed by atoms with Gasteiger partial charge in [0.05, 0.1) is 25.9 Å². The van der Waals surface area contributed by atoms with Gasteiger partial charge in [-0.05, 0) is 37.6 Å². The van der Waals surface area contributed by atoms with Gasteiger partial charge in [0.2, 0.25) is 0 Å². The molecule has 8 nitrogen and oxygen atoms in total. The van der Waals surface area contributed by atoms with E-state index in [1.54, 1.807) is 44.6 Å². The molecule has 0 unspecified atom stereocenters. The Morgan fingerprint density at radius 2 is 2.16 bits per heavy atom. The second-order valence-corrected chi connectivity index (χ2v) is 7.29. The first kappa shape index (κ1) is 20.6. The van der Waals surface area contributed by atoms with Crippen LogP contribution in [-0.2, 0) is 4.79 Å². The summed E-state index contributed by atoms with van der Waals surface area (Å²) in [5, 5.41) is 3.34. The van der Waals surface area contributed by atoms with Crippen LogP contribution in [-0.4, -0.2) is 54.1 Å². The van der Waals surface area contributed by atoms with E-state index in [-0.39, 0.29) is 11.6 Å². The Morgan fingerprint density at radius 3 is 2.90 bits per heavy atom. The standard InChI is InChI=1S/C23H24N4O4/c1-15(28)5-4-12-31-19-8-7-17-21(22(19)30-2)26-20(27-11-10-25-23(17)27)13-18(29)16-6-3-9-24-14-16/h3,6-9,13-14,26H,4-5,10-12H2,1-2H3. The van der Waals surface area contributed by atoms with Crippen molar-refractivity contribution in [3.05, 3.63) is 59.7 Å². The fourth-order valence-corrected chi connectivity index (χ4v) is 3.63. The number of fused-ring (bicyclic) bond motifs is 3. The summed E-state index contributed by atoms with van der Waals surface area (Å²) < 4.78 is 11.5. The molecule has 8 heteroatoms. The molecule has 3 heterocycles. The van der Waals surface area contributed by atoms with Crippen molar-refractivity contribution in [2.75, 3.05) is 32.1 Å². The van der Waals surface area contributed by atoms with Gasteiger partial charge >= 0.3 is 0 Å². The molecule has 0 aliphatic carbocycles. The molecule has 2 aliphatic rings. The smallest absolute Gasteiger partial charge is 0.191 e. The molecule has 0 saturated heterocycles. The van der Waals surface area contributed by atoms with Crippen LogP contribution in [0.5, 0.6) is 11.5 Å². The number of amidine groups is 1. The van der Waals surface area contributed by atoms with Crippen molar-refractivity contribution in [1.29, 1.82) is 0 Å². The molecule has 0 spiro atoms. The molecule has 1 N–H and O–H groups in total. The summed E-state index contributed by atoms with van der Waals surface area (Å²) in [5.74, 6) is 2.51. The number of Topliss-reactive ketones (excluding diaryl/α,β-unsaturated/α-hetero) is 1. The minimum atomic E-state index is -0.152. The van der Waals surface area contributed by atoms with Gasteiger partial charge in [0.25, 0.3) is 0 Å². The van der Waals surface area contributed by atoms with Crippen molar-refractivity contribution < 1.29 is 19.1 Å². The maximum absolute atomic E-state index is 12.8. The molecular formula is C23H24N4O4. The number of methoxy groups -OCH3 is 1. The summed E-state index contributed by atoms with van der Waals surface area (Å²) in [7, 11) is 1.58. The first-order valence-corrected chi connectivity index (χ1v) is 10.2. The topological polar surface area (TPSA) is 93.1 Å². The van der Waals surface area contributed by atoms with Crippen LogP contribution in [0.25, 0.3) is 0 Å². The van der Waals surface area contributed by atoms with Gasteiger partial charge in [0.1, 0.15) is 17.4 Å². The number of ketones is 2. The summed E-state index contributed by atoms with van der Waals surface area (Å²) >= 11 is 0. The largest absolute Gasteiger partial charge is 0.491 e. The number of aliphatic imine (C=N–C) groups is 1. The Hall–Kier alpha value is -3.68. The lowest BCUT2D eigenvalue weighted by Crippen LogP contribution is -2.36. The van der Waals surface area contributed by atoms with E-state index in [2.05, 4.69) is 15.3 Å². The molecule has 0 atom stereocenters. The molecule has 2 aliphatic heterocycles. The number of carbonyl (C=O) groups is 2. The highest BCUT2D eigenvalue weighted by atomic mass is 16.5. The highest BCUT2D eigenvalue weighted by molar-refractivity contribution is 6.11. The summed E-state index contributed by atoms with van der Waals surface area (Å²) in [6, 6.07) is 7.25. The van der Waals surface area contributed by atoms with Gasteiger partial charge in [-0.1, -0.05) is 0 Å². The van der Waals surface area contributed by atoms with Crippen molar-refractivity contribution in [2.24, 2.45) is 4.99 Å². The van der Waals surface area contributed by atoms with Gasteiger partial charge in [0.15, 0.2) is 17.3 Å². The van der Waals surface area contributed by atoms with Crippen LogP contribution in [0, 0.1) is 0 Å². The highest BCUT2D eigenvalue weighted by Crippen LogP contribution is 2.43. The third-order valence-electron chi connectivity index (χ3n) is 5.10. The SMILES string of the molecule is COc1c(OCCCC(C)=O)ccc2c1NC(=CC(=O)c1cccnc1)N1CCN=C21. The molecule has 0 radical (unpaired) electrons. The van der Waals surface area contributed by atoms with Gasteiger partial charge in [-0.15, -0.1) is 0 Å². The highest BCUT2D eigenvalue weighted by Gasteiger charge is 2.33. The fraction of sp³-hybridized carbons (Fsp3) is 0.304. The lowest BCUT2D eigenvalue weighted by Gasteiger charge is -2.32. The average molecular weight is 420 g/mol. The van der Waals surface area contributed by atoms with Crippen molar-refractivity contribution in [3.63, 3.8) is 0 Å². The second kappa shape index (κ2) is 8.99. The van der Waals surface area contributed by atoms with Crippen LogP contribution in [0.15, 0.2) is 53.5 Å². The minimum Gasteiger partial charge on any atom is -0.491 e. The van der Waals surface area contributed by atoms with E-state index in [0.717, 1.165) is 11.4 Å². The zero-order valence-electron chi connectivity index (χ0n) is 17.6. The third kappa shape index (κ3) is 4.28. The van der Waals surface area contributed by atoms with Crippen molar-refractivity contribution >= 4 is 23.1 Å². The number of aromatic nitrogens is 1. The number of rotatable bonds is 8. The molecule has 0 fully saturated rings. The number of carbonyl (C=O) groups excluding carboxylic acids is 2. The number of benzene rings is 1. The zero-order chi connectivity index (χ0) is 21.8. The second-order valence-electron chi connectivity index (χ2n) is 7.29. The normalized spacial score (nSPS) is 15.6. The first-order chi connectivity index (χ1) is 15.1. The number of nitrogens with one attached hydrogen (secondary N) is 1. The number of nitrogens with zero attached hydrogens (tertiary/aromatic N) is 3. The van der Waals surface area contributed by atoms with E-state index in [1.165, 1.54) is 0 Å². The van der Waals surface area contributed by atoms with Crippen LogP contribution in [0.4, 0.5) is 5.69 Å². The van der Waals surface area contributed by atoms with E-state index >= 15 is 0 Å². The van der Waals surface area contributed by atoms with E-state index in [1.807, 2.05) is 17.0 Å². The third-order valence-corrected chi connectivity index (χ3v) is 5.10. The number of allylic oxidation sites excluding steroid dienone is 1. The molecule has 0 saturated carbocycles. The van der Waals surface area contributed by atoms with E-state index in [9.17, 15) is 9.59 Å². The monoisotopic (exact) mass is 420 g/mol. The van der Waals surface area contributed by atoms with Crippen molar-refractivity contribution in [2.45, 2.75) is 19.8 Å². The maximum atomic E-state index is 12.8. The predicted molar refractivity (Wildman–Crippen MR) is 117 cm³/mol. The minimum absolute atomic E-state index is 0.134. The van der Waals surface area contributed by atoms with Crippen LogP contribution in [0.3, 0.4) is 0 Å². The van der Waals surface area contributed by atoms with Gasteiger partial charge < -0.3 is 24.5 Å². The Balaban J connectivity index is 1.65. The number of hydrogen-bond donors (Lipinski definition) is 1. The number of hydrogen-bond acceptors (Lipinski definition) is 8. The van der Waals surface area contributed by atoms with Gasteiger partial charge in [0, 0.05) is 42.6 Å². The lowest BCUT2D eigenvalue weighted by molar-refractivity contribution is -0.117. The van der Waals surface area contributed by atoms with Gasteiger partial charge in [-0.3, -0.25) is 14.8 Å². The number of pyridine rings is 1. The maximum Gasteiger partial charge on any atom is 0.191 e. The summed E-state index contributed by atoms with van der Waals surface area (Å²) in [6.45, 7) is 3.29. The quantitative estimate of drug-likeness (QED) is 0.399. The molecule has 0 bridgehead atoms. The van der Waals surface area contributed by atoms with E-state index in [4.69, 9.17) is 9.47 Å². The Kier molecular flexibility index (Phi) is 5.97. The van der Waals surface area contributed by atoms with E-state index < -0.39 is 0 Å². The Labute approximate surface area is 180 Å². The van der Waals surface area contributed by atoms with E-state index in [0.29, 0.717) is 61.1 Å². The number of ether oxygens (including phenoxy) is 2. The van der Waals surface area contributed by atoms with Crippen LogP contribution >= 0.6 is 0 Å². The van der Waals surface area contributed by atoms with Crippen LogP contribution < -0.4 is 14.8 Å². The van der Waals surface area contributed by atoms with Crippen LogP contribution in [0.1, 0.15) is 35.7 Å². The molecule has 2 aromatic rings. The fourth-order valence-electron chi connectivity index (χ4n) is 3.63. The van der Waals surface area contributed by atoms with Gasteiger partial charge in [-0.25, -0.2) is 0 Å². The average Bonchev–Trinajstić information content (AvgIpc) is 3.27. The van der Waals surface area contributed by atoms with Crippen LogP contribution in [0.2, 0.25) is 0 Å². The summed E-state index contributed by atoms with van der Waals surface area (Å²) in [4.78, 5) is 34.6. The Morgan fingerprint density at radius 1 is 1.29 bits per heavy atom. The molecule has 0 amide bonds. The van der Waals surface area contributed by atoms with Gasteiger partial charge in [-0.2, -0.15) is 0 Å². The molecular weight excluding hydrogens is 396 g/mol. The predicted octanol–water partition coefficient (Wildman–Crippen LogP) is 3.05. The van der Waals surface area contributed by atoms with Crippen molar-refractivity contribution in [1.82, 2.24) is 9.88 Å². The number of anilines is 1. The zero-order valence-corrected chi connectivity index (χ0v) is 17.6. The molecule has 1 aromatic heterocycles. The Bertz CT molecular complexity index is 1060.